The lowest BCUT2D eigenvalue weighted by Crippen LogP contribution is -2.46. The maximum atomic E-state index is 12.2. The highest BCUT2D eigenvalue weighted by Gasteiger charge is 2.20. The summed E-state index contributed by atoms with van der Waals surface area (Å²) in [5, 5.41) is 3.10. The van der Waals surface area contributed by atoms with Crippen molar-refractivity contribution in [3.63, 3.8) is 0 Å². The quantitative estimate of drug-likeness (QED) is 0.777. The van der Waals surface area contributed by atoms with Gasteiger partial charge in [-0.2, -0.15) is 0 Å². The highest BCUT2D eigenvalue weighted by Crippen LogP contribution is 2.16. The van der Waals surface area contributed by atoms with Gasteiger partial charge in [0.1, 0.15) is 0 Å². The number of likely N-dealkylation sites (N-methyl/N-ethyl adjacent to an activating group) is 1. The SMILES string of the molecule is Cc1c(N)cccc1C(=O)NC1CCCN(C)C1. The molecule has 0 saturated carbocycles. The Kier molecular flexibility index (Phi) is 3.87. The van der Waals surface area contributed by atoms with E-state index in [0.717, 1.165) is 31.5 Å². The molecule has 0 radical (unpaired) electrons. The van der Waals surface area contributed by atoms with Gasteiger partial charge in [-0.25, -0.2) is 0 Å². The highest BCUT2D eigenvalue weighted by atomic mass is 16.1. The molecule has 4 nitrogen and oxygen atoms in total. The fourth-order valence-corrected chi connectivity index (χ4v) is 2.45. The summed E-state index contributed by atoms with van der Waals surface area (Å²) < 4.78 is 0. The Morgan fingerprint density at radius 1 is 1.50 bits per heavy atom. The molecule has 0 aromatic heterocycles. The fraction of sp³-hybridized carbons (Fsp3) is 0.500. The zero-order chi connectivity index (χ0) is 13.1. The minimum absolute atomic E-state index is 0.0138. The van der Waals surface area contributed by atoms with Crippen LogP contribution in [0.2, 0.25) is 0 Å². The van der Waals surface area contributed by atoms with Crippen molar-refractivity contribution < 1.29 is 4.79 Å². The van der Waals surface area contributed by atoms with Gasteiger partial charge in [0.25, 0.3) is 5.91 Å². The van der Waals surface area contributed by atoms with Crippen LogP contribution in [0, 0.1) is 6.92 Å². The van der Waals surface area contributed by atoms with Gasteiger partial charge < -0.3 is 16.0 Å². The van der Waals surface area contributed by atoms with E-state index in [9.17, 15) is 4.79 Å². The van der Waals surface area contributed by atoms with Crippen LogP contribution in [0.5, 0.6) is 0 Å². The average molecular weight is 247 g/mol. The fourth-order valence-electron chi connectivity index (χ4n) is 2.45. The molecule has 0 spiro atoms. The second-order valence-corrected chi connectivity index (χ2v) is 5.09. The van der Waals surface area contributed by atoms with Gasteiger partial charge in [-0.15, -0.1) is 0 Å². The van der Waals surface area contributed by atoms with Crippen LogP contribution >= 0.6 is 0 Å². The van der Waals surface area contributed by atoms with Gasteiger partial charge in [-0.1, -0.05) is 6.07 Å². The minimum atomic E-state index is -0.0138. The van der Waals surface area contributed by atoms with Gasteiger partial charge in [-0.05, 0) is 51.1 Å². The van der Waals surface area contributed by atoms with Gasteiger partial charge in [0, 0.05) is 23.8 Å². The summed E-state index contributed by atoms with van der Waals surface area (Å²) in [6.45, 7) is 3.92. The Morgan fingerprint density at radius 3 is 3.00 bits per heavy atom. The number of nitrogens with two attached hydrogens (primary N) is 1. The van der Waals surface area contributed by atoms with Crippen LogP contribution in [0.15, 0.2) is 18.2 Å². The van der Waals surface area contributed by atoms with Crippen molar-refractivity contribution >= 4 is 11.6 Å². The summed E-state index contributed by atoms with van der Waals surface area (Å²) in [5.74, 6) is -0.0138. The summed E-state index contributed by atoms with van der Waals surface area (Å²) in [5.41, 5.74) is 8.04. The van der Waals surface area contributed by atoms with Crippen molar-refractivity contribution in [2.45, 2.75) is 25.8 Å². The van der Waals surface area contributed by atoms with E-state index in [-0.39, 0.29) is 11.9 Å². The first-order valence-corrected chi connectivity index (χ1v) is 6.42. The van der Waals surface area contributed by atoms with E-state index >= 15 is 0 Å². The van der Waals surface area contributed by atoms with Crippen molar-refractivity contribution in [3.05, 3.63) is 29.3 Å². The topological polar surface area (TPSA) is 58.4 Å². The third kappa shape index (κ3) is 2.82. The number of hydrogen-bond donors (Lipinski definition) is 2. The Labute approximate surface area is 108 Å². The van der Waals surface area contributed by atoms with Gasteiger partial charge in [0.15, 0.2) is 0 Å². The maximum Gasteiger partial charge on any atom is 0.251 e. The van der Waals surface area contributed by atoms with E-state index in [2.05, 4.69) is 17.3 Å². The first-order valence-electron chi connectivity index (χ1n) is 6.42. The molecule has 1 aromatic rings. The summed E-state index contributed by atoms with van der Waals surface area (Å²) in [6.07, 6.45) is 2.19. The lowest BCUT2D eigenvalue weighted by molar-refractivity contribution is 0.0912. The van der Waals surface area contributed by atoms with Crippen LogP contribution < -0.4 is 11.1 Å². The smallest absolute Gasteiger partial charge is 0.251 e. The van der Waals surface area contributed by atoms with Crippen molar-refractivity contribution in [3.8, 4) is 0 Å². The second kappa shape index (κ2) is 5.40. The molecule has 1 heterocycles. The van der Waals surface area contributed by atoms with Gasteiger partial charge in [0.05, 0.1) is 0 Å². The zero-order valence-corrected chi connectivity index (χ0v) is 11.1. The Hall–Kier alpha value is -1.55. The molecule has 1 aromatic carbocycles. The molecule has 4 heteroatoms. The largest absolute Gasteiger partial charge is 0.398 e. The lowest BCUT2D eigenvalue weighted by atomic mass is 10.0. The number of anilines is 1. The molecule has 18 heavy (non-hydrogen) atoms. The van der Waals surface area contributed by atoms with Crippen LogP contribution in [-0.4, -0.2) is 37.0 Å². The third-order valence-electron chi connectivity index (χ3n) is 3.58. The van der Waals surface area contributed by atoms with E-state index in [1.165, 1.54) is 0 Å². The van der Waals surface area contributed by atoms with Crippen molar-refractivity contribution in [1.82, 2.24) is 10.2 Å². The number of nitrogen functional groups attached to an aromatic ring is 1. The number of nitrogens with zero attached hydrogens (tertiary/aromatic N) is 1. The monoisotopic (exact) mass is 247 g/mol. The number of likely N-dealkylation sites (tertiary alicyclic amines) is 1. The summed E-state index contributed by atoms with van der Waals surface area (Å²) in [6, 6.07) is 5.72. The second-order valence-electron chi connectivity index (χ2n) is 5.09. The van der Waals surface area contributed by atoms with Crippen molar-refractivity contribution in [2.24, 2.45) is 0 Å². The lowest BCUT2D eigenvalue weighted by Gasteiger charge is -2.30. The number of rotatable bonds is 2. The van der Waals surface area contributed by atoms with E-state index in [1.807, 2.05) is 25.1 Å². The molecule has 1 amide bonds. The number of nitrogens with one attached hydrogen (secondary N) is 1. The van der Waals surface area contributed by atoms with Crippen LogP contribution in [0.25, 0.3) is 0 Å². The number of amides is 1. The van der Waals surface area contributed by atoms with Crippen LogP contribution in [0.4, 0.5) is 5.69 Å². The standard InChI is InChI=1S/C14H21N3O/c1-10-12(6-3-7-13(10)15)14(18)16-11-5-4-8-17(2)9-11/h3,6-7,11H,4-5,8-9,15H2,1-2H3,(H,16,18). The maximum absolute atomic E-state index is 12.2. The van der Waals surface area contributed by atoms with Crippen LogP contribution in [-0.2, 0) is 0 Å². The van der Waals surface area contributed by atoms with E-state index in [0.29, 0.717) is 11.3 Å². The number of carbonyl (C=O) groups is 1. The first kappa shape index (κ1) is 12.9. The number of piperidine rings is 1. The molecule has 98 valence electrons. The Bertz CT molecular complexity index is 445. The molecule has 1 saturated heterocycles. The number of benzene rings is 1. The average Bonchev–Trinajstić information content (AvgIpc) is 2.32. The molecule has 2 rings (SSSR count). The molecule has 0 bridgehead atoms. The van der Waals surface area contributed by atoms with Gasteiger partial charge in [0.2, 0.25) is 0 Å². The molecule has 1 aliphatic rings. The van der Waals surface area contributed by atoms with Crippen molar-refractivity contribution in [2.75, 3.05) is 25.9 Å². The highest BCUT2D eigenvalue weighted by molar-refractivity contribution is 5.97. The Morgan fingerprint density at radius 2 is 2.28 bits per heavy atom. The summed E-state index contributed by atoms with van der Waals surface area (Å²) in [7, 11) is 2.09. The summed E-state index contributed by atoms with van der Waals surface area (Å²) in [4.78, 5) is 14.5. The molecule has 3 N–H and O–H groups in total. The normalized spacial score (nSPS) is 20.7. The third-order valence-corrected chi connectivity index (χ3v) is 3.58. The number of hydrogen-bond acceptors (Lipinski definition) is 3. The predicted molar refractivity (Wildman–Crippen MR) is 73.6 cm³/mol. The van der Waals surface area contributed by atoms with Gasteiger partial charge >= 0.3 is 0 Å². The van der Waals surface area contributed by atoms with Crippen LogP contribution in [0.1, 0.15) is 28.8 Å². The van der Waals surface area contributed by atoms with Crippen LogP contribution in [0.3, 0.4) is 0 Å². The molecular formula is C14H21N3O. The zero-order valence-electron chi connectivity index (χ0n) is 11.1. The van der Waals surface area contributed by atoms with E-state index in [1.54, 1.807) is 0 Å². The van der Waals surface area contributed by atoms with Gasteiger partial charge in [-0.3, -0.25) is 4.79 Å². The van der Waals surface area contributed by atoms with Crippen molar-refractivity contribution in [1.29, 1.82) is 0 Å². The molecule has 0 aliphatic carbocycles. The first-order chi connectivity index (χ1) is 8.58. The molecule has 1 aliphatic heterocycles. The molecule has 1 unspecified atom stereocenters. The van der Waals surface area contributed by atoms with E-state index in [4.69, 9.17) is 5.73 Å². The molecule has 1 atom stereocenters. The minimum Gasteiger partial charge on any atom is -0.398 e. The molecular weight excluding hydrogens is 226 g/mol. The summed E-state index contributed by atoms with van der Waals surface area (Å²) >= 11 is 0. The number of carbonyl (C=O) groups excluding carboxylic acids is 1. The molecule has 1 fully saturated rings. The predicted octanol–water partition coefficient (Wildman–Crippen LogP) is 1.40. The Balaban J connectivity index is 2.05. The van der Waals surface area contributed by atoms with E-state index < -0.39 is 0 Å².